The van der Waals surface area contributed by atoms with Crippen LogP contribution in [-0.2, 0) is 14.3 Å². The van der Waals surface area contributed by atoms with E-state index in [0.29, 0.717) is 19.6 Å². The van der Waals surface area contributed by atoms with Gasteiger partial charge in [0.25, 0.3) is 0 Å². The SMILES string of the molecule is C#CCNCCN(C(=O)C(=O)OCC)C(C)C. The smallest absolute Gasteiger partial charge is 0.397 e. The van der Waals surface area contributed by atoms with Gasteiger partial charge in [-0.05, 0) is 20.8 Å². The van der Waals surface area contributed by atoms with Gasteiger partial charge in [-0.15, -0.1) is 6.42 Å². The van der Waals surface area contributed by atoms with E-state index in [4.69, 9.17) is 6.42 Å². The molecule has 0 radical (unpaired) electrons. The van der Waals surface area contributed by atoms with Crippen molar-refractivity contribution in [1.29, 1.82) is 0 Å². The number of carbonyl (C=O) groups excluding carboxylic acids is 2. The van der Waals surface area contributed by atoms with E-state index in [1.54, 1.807) is 6.92 Å². The van der Waals surface area contributed by atoms with Gasteiger partial charge in [0.15, 0.2) is 0 Å². The Hall–Kier alpha value is -1.54. The second-order valence-corrected chi connectivity index (χ2v) is 3.69. The van der Waals surface area contributed by atoms with E-state index in [0.717, 1.165) is 0 Å². The van der Waals surface area contributed by atoms with Crippen LogP contribution in [0.15, 0.2) is 0 Å². The number of terminal acetylenes is 1. The first-order valence-corrected chi connectivity index (χ1v) is 5.66. The molecule has 0 aromatic rings. The molecule has 0 saturated carbocycles. The van der Waals surface area contributed by atoms with Crippen LogP contribution < -0.4 is 5.32 Å². The van der Waals surface area contributed by atoms with Gasteiger partial charge in [-0.2, -0.15) is 0 Å². The number of amides is 1. The van der Waals surface area contributed by atoms with Gasteiger partial charge in [0.2, 0.25) is 0 Å². The molecule has 0 aliphatic carbocycles. The van der Waals surface area contributed by atoms with Crippen LogP contribution in [0.3, 0.4) is 0 Å². The van der Waals surface area contributed by atoms with Crippen molar-refractivity contribution in [3.8, 4) is 12.3 Å². The van der Waals surface area contributed by atoms with Crippen LogP contribution in [0.1, 0.15) is 20.8 Å². The van der Waals surface area contributed by atoms with Crippen molar-refractivity contribution in [1.82, 2.24) is 10.2 Å². The van der Waals surface area contributed by atoms with Crippen molar-refractivity contribution in [2.24, 2.45) is 0 Å². The Morgan fingerprint density at radius 1 is 1.47 bits per heavy atom. The molecule has 0 aromatic heterocycles. The lowest BCUT2D eigenvalue weighted by Gasteiger charge is -2.25. The van der Waals surface area contributed by atoms with Gasteiger partial charge in [-0.3, -0.25) is 4.79 Å². The summed E-state index contributed by atoms with van der Waals surface area (Å²) >= 11 is 0. The summed E-state index contributed by atoms with van der Waals surface area (Å²) in [5, 5.41) is 2.96. The minimum atomic E-state index is -0.807. The van der Waals surface area contributed by atoms with E-state index in [2.05, 4.69) is 16.0 Å². The molecule has 0 aliphatic heterocycles. The highest BCUT2D eigenvalue weighted by atomic mass is 16.5. The van der Waals surface area contributed by atoms with Gasteiger partial charge in [0.1, 0.15) is 0 Å². The average molecular weight is 240 g/mol. The second-order valence-electron chi connectivity index (χ2n) is 3.69. The van der Waals surface area contributed by atoms with Crippen molar-refractivity contribution in [2.45, 2.75) is 26.8 Å². The molecule has 0 spiro atoms. The molecule has 0 rings (SSSR count). The molecule has 0 saturated heterocycles. The quantitative estimate of drug-likeness (QED) is 0.307. The van der Waals surface area contributed by atoms with Crippen molar-refractivity contribution in [2.75, 3.05) is 26.2 Å². The summed E-state index contributed by atoms with van der Waals surface area (Å²) in [5.41, 5.74) is 0. The molecular formula is C12H20N2O3. The van der Waals surface area contributed by atoms with Gasteiger partial charge < -0.3 is 15.0 Å². The van der Waals surface area contributed by atoms with Crippen LogP contribution in [0.4, 0.5) is 0 Å². The molecular weight excluding hydrogens is 220 g/mol. The predicted molar refractivity (Wildman–Crippen MR) is 65.2 cm³/mol. The van der Waals surface area contributed by atoms with Crippen LogP contribution in [0.2, 0.25) is 0 Å². The number of ether oxygens (including phenoxy) is 1. The summed E-state index contributed by atoms with van der Waals surface area (Å²) in [6.07, 6.45) is 5.09. The second kappa shape index (κ2) is 8.59. The van der Waals surface area contributed by atoms with E-state index in [1.807, 2.05) is 13.8 Å². The monoisotopic (exact) mass is 240 g/mol. The molecule has 0 heterocycles. The Labute approximate surface area is 102 Å². The summed E-state index contributed by atoms with van der Waals surface area (Å²) < 4.78 is 4.68. The van der Waals surface area contributed by atoms with E-state index < -0.39 is 11.9 Å². The van der Waals surface area contributed by atoms with Crippen LogP contribution >= 0.6 is 0 Å². The Balaban J connectivity index is 4.27. The molecule has 0 fully saturated rings. The van der Waals surface area contributed by atoms with Crippen molar-refractivity contribution in [3.05, 3.63) is 0 Å². The number of hydrogen-bond donors (Lipinski definition) is 1. The van der Waals surface area contributed by atoms with Gasteiger partial charge in [-0.1, -0.05) is 5.92 Å². The fourth-order valence-corrected chi connectivity index (χ4v) is 1.26. The standard InChI is InChI=1S/C12H20N2O3/c1-5-7-13-8-9-14(10(3)4)11(15)12(16)17-6-2/h1,10,13H,6-9H2,2-4H3. The van der Waals surface area contributed by atoms with Crippen molar-refractivity contribution >= 4 is 11.9 Å². The lowest BCUT2D eigenvalue weighted by molar-refractivity contribution is -0.160. The summed E-state index contributed by atoms with van der Waals surface area (Å²) in [5.74, 6) is 1.02. The average Bonchev–Trinajstić information content (AvgIpc) is 2.28. The molecule has 96 valence electrons. The first-order chi connectivity index (χ1) is 8.04. The van der Waals surface area contributed by atoms with E-state index >= 15 is 0 Å². The van der Waals surface area contributed by atoms with Crippen molar-refractivity contribution < 1.29 is 14.3 Å². The lowest BCUT2D eigenvalue weighted by Crippen LogP contribution is -2.45. The third kappa shape index (κ3) is 5.93. The molecule has 5 heteroatoms. The minimum Gasteiger partial charge on any atom is -0.459 e. The van der Waals surface area contributed by atoms with Gasteiger partial charge >= 0.3 is 11.9 Å². The van der Waals surface area contributed by atoms with Crippen molar-refractivity contribution in [3.63, 3.8) is 0 Å². The van der Waals surface area contributed by atoms with Crippen LogP contribution in [0, 0.1) is 12.3 Å². The largest absolute Gasteiger partial charge is 0.459 e. The number of nitrogens with one attached hydrogen (secondary N) is 1. The van der Waals surface area contributed by atoms with Gasteiger partial charge in [-0.25, -0.2) is 4.79 Å². The number of rotatable bonds is 6. The predicted octanol–water partition coefficient (Wildman–Crippen LogP) is 0.00930. The van der Waals surface area contributed by atoms with Crippen LogP contribution in [0.25, 0.3) is 0 Å². The summed E-state index contributed by atoms with van der Waals surface area (Å²) in [6, 6.07) is -0.0560. The molecule has 0 aliphatic rings. The molecule has 1 N–H and O–H groups in total. The first-order valence-electron chi connectivity index (χ1n) is 5.66. The lowest BCUT2D eigenvalue weighted by atomic mass is 10.3. The topological polar surface area (TPSA) is 58.6 Å². The first kappa shape index (κ1) is 15.5. The summed E-state index contributed by atoms with van der Waals surface area (Å²) in [6.45, 7) is 6.98. The Bertz CT molecular complexity index is 295. The molecule has 0 unspecified atom stereocenters. The van der Waals surface area contributed by atoms with Gasteiger partial charge in [0, 0.05) is 19.1 Å². The zero-order chi connectivity index (χ0) is 13.3. The highest BCUT2D eigenvalue weighted by molar-refractivity contribution is 6.32. The maximum atomic E-state index is 11.7. The number of esters is 1. The zero-order valence-electron chi connectivity index (χ0n) is 10.7. The maximum Gasteiger partial charge on any atom is 0.397 e. The molecule has 17 heavy (non-hydrogen) atoms. The van der Waals surface area contributed by atoms with Gasteiger partial charge in [0.05, 0.1) is 13.2 Å². The number of hydrogen-bond acceptors (Lipinski definition) is 4. The highest BCUT2D eigenvalue weighted by Crippen LogP contribution is 1.99. The number of carbonyl (C=O) groups is 2. The molecule has 0 bridgehead atoms. The number of nitrogens with zero attached hydrogens (tertiary/aromatic N) is 1. The molecule has 0 aromatic carbocycles. The highest BCUT2D eigenvalue weighted by Gasteiger charge is 2.24. The summed E-state index contributed by atoms with van der Waals surface area (Å²) in [4.78, 5) is 24.5. The van der Waals surface area contributed by atoms with E-state index in [1.165, 1.54) is 4.90 Å². The Morgan fingerprint density at radius 3 is 2.59 bits per heavy atom. The normalized spacial score (nSPS) is 9.82. The summed E-state index contributed by atoms with van der Waals surface area (Å²) in [7, 11) is 0. The molecule has 1 amide bonds. The molecule has 5 nitrogen and oxygen atoms in total. The van der Waals surface area contributed by atoms with Crippen LogP contribution in [-0.4, -0.2) is 49.1 Å². The molecule has 0 atom stereocenters. The van der Waals surface area contributed by atoms with Crippen LogP contribution in [0.5, 0.6) is 0 Å². The van der Waals surface area contributed by atoms with E-state index in [-0.39, 0.29) is 12.6 Å². The third-order valence-electron chi connectivity index (χ3n) is 2.09. The maximum absolute atomic E-state index is 11.7. The van der Waals surface area contributed by atoms with E-state index in [9.17, 15) is 9.59 Å². The fourth-order valence-electron chi connectivity index (χ4n) is 1.26. The minimum absolute atomic E-state index is 0.0560. The Kier molecular flexibility index (Phi) is 7.82. The third-order valence-corrected chi connectivity index (χ3v) is 2.09. The Morgan fingerprint density at radius 2 is 2.12 bits per heavy atom. The fraction of sp³-hybridized carbons (Fsp3) is 0.667. The zero-order valence-corrected chi connectivity index (χ0v) is 10.7.